The van der Waals surface area contributed by atoms with E-state index < -0.39 is 10.0 Å². The average Bonchev–Trinajstić information content (AvgIpc) is 2.64. The van der Waals surface area contributed by atoms with Crippen LogP contribution < -0.4 is 10.0 Å². The minimum Gasteiger partial charge on any atom is -0.357 e. The number of piperazine rings is 1. The molecule has 1 aliphatic rings. The molecule has 0 aromatic heterocycles. The molecule has 29 heavy (non-hydrogen) atoms. The van der Waals surface area contributed by atoms with E-state index in [0.717, 1.165) is 51.5 Å². The number of rotatable bonds is 8. The van der Waals surface area contributed by atoms with Gasteiger partial charge in [-0.2, -0.15) is 0 Å². The molecule has 1 heterocycles. The van der Waals surface area contributed by atoms with Crippen LogP contribution in [0.5, 0.6) is 0 Å². The van der Waals surface area contributed by atoms with Crippen LogP contribution in [0.25, 0.3) is 0 Å². The van der Waals surface area contributed by atoms with Crippen molar-refractivity contribution < 1.29 is 8.42 Å². The average molecular weight is 538 g/mol. The second-order valence-corrected chi connectivity index (χ2v) is 9.39. The molecule has 0 saturated carbocycles. The first-order chi connectivity index (χ1) is 13.3. The number of hydrogen-bond acceptors (Lipinski definition) is 4. The van der Waals surface area contributed by atoms with Crippen LogP contribution in [0.1, 0.15) is 37.8 Å². The fraction of sp³-hybridized carbons (Fsp3) is 0.650. The van der Waals surface area contributed by atoms with E-state index in [9.17, 15) is 8.42 Å². The molecule has 0 aliphatic carbocycles. The summed E-state index contributed by atoms with van der Waals surface area (Å²) in [5, 5.41) is 3.31. The number of nitrogens with one attached hydrogen (secondary N) is 2. The summed E-state index contributed by atoms with van der Waals surface area (Å²) in [6, 6.07) is 8.94. The molecular weight excluding hydrogens is 501 g/mol. The van der Waals surface area contributed by atoms with Crippen LogP contribution in [0.3, 0.4) is 0 Å². The van der Waals surface area contributed by atoms with Crippen molar-refractivity contribution in [1.82, 2.24) is 19.8 Å². The smallest absolute Gasteiger partial charge is 0.208 e. The molecule has 1 aromatic rings. The number of guanidine groups is 1. The Bertz CT molecular complexity index is 730. The molecule has 0 bridgehead atoms. The molecule has 0 atom stereocenters. The molecule has 7 nitrogen and oxygen atoms in total. The standard InChI is InChI=1S/C20H35N5O2S.HI/c1-5-21-20(22-10-11-23-28(4,26)27)25-14-12-24(13-15-25)16-18-6-8-19(9-7-18)17(2)3;/h6-9,17,23H,5,10-16H2,1-4H3,(H,21,22);1H. The Kier molecular flexibility index (Phi) is 11.4. The molecular formula is C20H36IN5O2S. The predicted molar refractivity (Wildman–Crippen MR) is 132 cm³/mol. The first-order valence-corrected chi connectivity index (χ1v) is 12.0. The van der Waals surface area contributed by atoms with Gasteiger partial charge >= 0.3 is 0 Å². The summed E-state index contributed by atoms with van der Waals surface area (Å²) >= 11 is 0. The van der Waals surface area contributed by atoms with Crippen LogP contribution in [0.2, 0.25) is 0 Å². The van der Waals surface area contributed by atoms with Crippen LogP contribution in [0.4, 0.5) is 0 Å². The predicted octanol–water partition coefficient (Wildman–Crippen LogP) is 2.06. The fourth-order valence-electron chi connectivity index (χ4n) is 3.20. The highest BCUT2D eigenvalue weighted by Gasteiger charge is 2.19. The van der Waals surface area contributed by atoms with Crippen molar-refractivity contribution in [1.29, 1.82) is 0 Å². The van der Waals surface area contributed by atoms with Gasteiger partial charge in [-0.25, -0.2) is 13.1 Å². The van der Waals surface area contributed by atoms with Crippen molar-refractivity contribution in [2.45, 2.75) is 33.2 Å². The van der Waals surface area contributed by atoms with Crippen molar-refractivity contribution >= 4 is 40.0 Å². The third kappa shape index (κ3) is 9.63. The van der Waals surface area contributed by atoms with Gasteiger partial charge in [0.05, 0.1) is 12.8 Å². The molecule has 1 fully saturated rings. The van der Waals surface area contributed by atoms with E-state index in [1.165, 1.54) is 11.1 Å². The van der Waals surface area contributed by atoms with E-state index in [1.54, 1.807) is 0 Å². The van der Waals surface area contributed by atoms with Crippen LogP contribution in [0.15, 0.2) is 29.3 Å². The van der Waals surface area contributed by atoms with Crippen LogP contribution in [-0.2, 0) is 16.6 Å². The van der Waals surface area contributed by atoms with Crippen molar-refractivity contribution in [3.05, 3.63) is 35.4 Å². The quantitative estimate of drug-likeness (QED) is 0.230. The van der Waals surface area contributed by atoms with Crippen molar-refractivity contribution in [3.63, 3.8) is 0 Å². The van der Waals surface area contributed by atoms with Gasteiger partial charge in [0.15, 0.2) is 5.96 Å². The van der Waals surface area contributed by atoms with Crippen LogP contribution in [0, 0.1) is 0 Å². The van der Waals surface area contributed by atoms with E-state index in [1.807, 2.05) is 6.92 Å². The monoisotopic (exact) mass is 537 g/mol. The summed E-state index contributed by atoms with van der Waals surface area (Å²) in [6.45, 7) is 12.8. The second kappa shape index (κ2) is 12.7. The molecule has 2 N–H and O–H groups in total. The molecule has 9 heteroatoms. The van der Waals surface area contributed by atoms with Gasteiger partial charge in [0.2, 0.25) is 10.0 Å². The molecule has 166 valence electrons. The second-order valence-electron chi connectivity index (χ2n) is 7.56. The lowest BCUT2D eigenvalue weighted by Crippen LogP contribution is -2.52. The Morgan fingerprint density at radius 2 is 1.76 bits per heavy atom. The van der Waals surface area contributed by atoms with Gasteiger partial charge in [-0.3, -0.25) is 9.89 Å². The van der Waals surface area contributed by atoms with Gasteiger partial charge in [-0.15, -0.1) is 24.0 Å². The Balaban J connectivity index is 0.00000420. The lowest BCUT2D eigenvalue weighted by atomic mass is 10.0. The zero-order valence-electron chi connectivity index (χ0n) is 18.0. The third-order valence-electron chi connectivity index (χ3n) is 4.80. The Morgan fingerprint density at radius 3 is 2.28 bits per heavy atom. The highest BCUT2D eigenvalue weighted by atomic mass is 127. The summed E-state index contributed by atoms with van der Waals surface area (Å²) in [4.78, 5) is 9.28. The SMILES string of the molecule is CCNC(=NCCNS(C)(=O)=O)N1CCN(Cc2ccc(C(C)C)cc2)CC1.I. The third-order valence-corrected chi connectivity index (χ3v) is 5.53. The van der Waals surface area contributed by atoms with Gasteiger partial charge in [0.1, 0.15) is 0 Å². The lowest BCUT2D eigenvalue weighted by molar-refractivity contribution is 0.172. The molecule has 1 saturated heterocycles. The van der Waals surface area contributed by atoms with E-state index in [0.29, 0.717) is 19.0 Å². The fourth-order valence-corrected chi connectivity index (χ4v) is 3.66. The Morgan fingerprint density at radius 1 is 1.14 bits per heavy atom. The largest absolute Gasteiger partial charge is 0.357 e. The Labute approximate surface area is 193 Å². The van der Waals surface area contributed by atoms with Crippen molar-refractivity contribution in [3.8, 4) is 0 Å². The van der Waals surface area contributed by atoms with E-state index in [4.69, 9.17) is 0 Å². The maximum Gasteiger partial charge on any atom is 0.208 e. The molecule has 2 rings (SSSR count). The first-order valence-electron chi connectivity index (χ1n) is 10.1. The molecule has 0 amide bonds. The van der Waals surface area contributed by atoms with Crippen molar-refractivity contribution in [2.24, 2.45) is 4.99 Å². The van der Waals surface area contributed by atoms with Crippen LogP contribution >= 0.6 is 24.0 Å². The van der Waals surface area contributed by atoms with E-state index >= 15 is 0 Å². The first kappa shape index (κ1) is 26.1. The van der Waals surface area contributed by atoms with Gasteiger partial charge < -0.3 is 10.2 Å². The van der Waals surface area contributed by atoms with Crippen molar-refractivity contribution in [2.75, 3.05) is 52.1 Å². The van der Waals surface area contributed by atoms with Crippen LogP contribution in [-0.4, -0.2) is 76.2 Å². The molecule has 1 aliphatic heterocycles. The number of aliphatic imine (C=N–C) groups is 1. The number of hydrogen-bond donors (Lipinski definition) is 2. The highest BCUT2D eigenvalue weighted by Crippen LogP contribution is 2.16. The highest BCUT2D eigenvalue weighted by molar-refractivity contribution is 14.0. The maximum absolute atomic E-state index is 11.2. The van der Waals surface area contributed by atoms with Gasteiger partial charge in [0, 0.05) is 45.8 Å². The topological polar surface area (TPSA) is 77.0 Å². The lowest BCUT2D eigenvalue weighted by Gasteiger charge is -2.36. The van der Waals surface area contributed by atoms with Gasteiger partial charge in [-0.05, 0) is 24.0 Å². The summed E-state index contributed by atoms with van der Waals surface area (Å²) in [5.74, 6) is 1.42. The number of nitrogens with zero attached hydrogens (tertiary/aromatic N) is 3. The number of benzene rings is 1. The van der Waals surface area contributed by atoms with E-state index in [2.05, 4.69) is 62.9 Å². The molecule has 0 radical (unpaired) electrons. The summed E-state index contributed by atoms with van der Waals surface area (Å²) in [6.07, 6.45) is 1.16. The summed E-state index contributed by atoms with van der Waals surface area (Å²) in [7, 11) is -3.16. The molecule has 0 spiro atoms. The zero-order valence-corrected chi connectivity index (χ0v) is 21.2. The minimum atomic E-state index is -3.16. The molecule has 0 unspecified atom stereocenters. The maximum atomic E-state index is 11.2. The van der Waals surface area contributed by atoms with E-state index in [-0.39, 0.29) is 24.0 Å². The number of sulfonamides is 1. The van der Waals surface area contributed by atoms with Gasteiger partial charge in [0.25, 0.3) is 0 Å². The molecule has 1 aromatic carbocycles. The normalized spacial score (nSPS) is 16.0. The number of halogens is 1. The van der Waals surface area contributed by atoms with Gasteiger partial charge in [-0.1, -0.05) is 38.1 Å². The zero-order chi connectivity index (χ0) is 20.6. The minimum absolute atomic E-state index is 0. The summed E-state index contributed by atoms with van der Waals surface area (Å²) < 4.78 is 24.8. The Hall–Kier alpha value is -0.910. The summed E-state index contributed by atoms with van der Waals surface area (Å²) in [5.41, 5.74) is 2.73.